The summed E-state index contributed by atoms with van der Waals surface area (Å²) in [5.74, 6) is 0.987. The molecule has 0 heterocycles. The van der Waals surface area contributed by atoms with E-state index < -0.39 is 0 Å². The zero-order valence-electron chi connectivity index (χ0n) is 13.1. The van der Waals surface area contributed by atoms with Crippen LogP contribution in [0.1, 0.15) is 45.6 Å². The third kappa shape index (κ3) is 6.80. The Morgan fingerprint density at radius 3 is 2.67 bits per heavy atom. The Hall–Kier alpha value is -2.02. The number of nitrogens with one attached hydrogen (secondary N) is 1. The molecule has 1 aromatic rings. The van der Waals surface area contributed by atoms with Gasteiger partial charge in [-0.05, 0) is 31.4 Å². The fourth-order valence-corrected chi connectivity index (χ4v) is 2.05. The lowest BCUT2D eigenvalue weighted by molar-refractivity contribution is -0.123. The van der Waals surface area contributed by atoms with Crippen molar-refractivity contribution in [3.8, 4) is 11.8 Å². The lowest BCUT2D eigenvalue weighted by Gasteiger charge is -2.15. The lowest BCUT2D eigenvalue weighted by Crippen LogP contribution is -2.36. The van der Waals surface area contributed by atoms with Crippen molar-refractivity contribution < 1.29 is 9.53 Å². The molecule has 0 radical (unpaired) electrons. The lowest BCUT2D eigenvalue weighted by atomic mass is 10.0. The van der Waals surface area contributed by atoms with Gasteiger partial charge in [0.15, 0.2) is 6.61 Å². The second-order valence-corrected chi connectivity index (χ2v) is 5.69. The molecule has 0 bridgehead atoms. The van der Waals surface area contributed by atoms with E-state index in [2.05, 4.69) is 19.2 Å². The first-order valence-corrected chi connectivity index (χ1v) is 7.44. The van der Waals surface area contributed by atoms with Crippen LogP contribution < -0.4 is 10.1 Å². The molecule has 4 nitrogen and oxygen atoms in total. The average Bonchev–Trinajstić information content (AvgIpc) is 2.45. The number of benzene rings is 1. The molecule has 0 aliphatic heterocycles. The Kier molecular flexibility index (Phi) is 7.31. The van der Waals surface area contributed by atoms with Crippen LogP contribution >= 0.6 is 0 Å². The zero-order valence-corrected chi connectivity index (χ0v) is 13.1. The van der Waals surface area contributed by atoms with Gasteiger partial charge in [0.1, 0.15) is 11.8 Å². The molecule has 0 aliphatic rings. The van der Waals surface area contributed by atoms with Crippen molar-refractivity contribution in [2.75, 3.05) is 6.61 Å². The fourth-order valence-electron chi connectivity index (χ4n) is 2.05. The molecular formula is C17H24N2O2. The smallest absolute Gasteiger partial charge is 0.258 e. The van der Waals surface area contributed by atoms with Gasteiger partial charge in [0.2, 0.25) is 0 Å². The summed E-state index contributed by atoms with van der Waals surface area (Å²) >= 11 is 0. The van der Waals surface area contributed by atoms with Crippen molar-refractivity contribution in [2.24, 2.45) is 5.92 Å². The highest BCUT2D eigenvalue weighted by Crippen LogP contribution is 2.16. The van der Waals surface area contributed by atoms with Crippen LogP contribution in [0.5, 0.6) is 5.75 Å². The van der Waals surface area contributed by atoms with E-state index in [0.717, 1.165) is 12.8 Å². The summed E-state index contributed by atoms with van der Waals surface area (Å²) in [6, 6.07) is 9.09. The molecule has 1 atom stereocenters. The number of nitriles is 1. The molecule has 0 fully saturated rings. The second kappa shape index (κ2) is 9.02. The second-order valence-electron chi connectivity index (χ2n) is 5.69. The molecule has 1 aromatic carbocycles. The Morgan fingerprint density at radius 1 is 1.29 bits per heavy atom. The molecular weight excluding hydrogens is 264 g/mol. The minimum absolute atomic E-state index is 0.0623. The van der Waals surface area contributed by atoms with Crippen molar-refractivity contribution in [1.82, 2.24) is 5.32 Å². The van der Waals surface area contributed by atoms with Crippen LogP contribution in [0.2, 0.25) is 0 Å². The summed E-state index contributed by atoms with van der Waals surface area (Å²) in [5, 5.41) is 11.9. The number of hydrogen-bond acceptors (Lipinski definition) is 3. The number of rotatable bonds is 8. The molecule has 0 spiro atoms. The van der Waals surface area contributed by atoms with Gasteiger partial charge >= 0.3 is 0 Å². The molecule has 1 N–H and O–H groups in total. The predicted octanol–water partition coefficient (Wildman–Crippen LogP) is 3.27. The molecule has 1 unspecified atom stereocenters. The van der Waals surface area contributed by atoms with Crippen LogP contribution in [0.4, 0.5) is 0 Å². The highest BCUT2D eigenvalue weighted by Gasteiger charge is 2.09. The Morgan fingerprint density at radius 2 is 2.00 bits per heavy atom. The van der Waals surface area contributed by atoms with Crippen LogP contribution in [0.25, 0.3) is 0 Å². The van der Waals surface area contributed by atoms with Crippen LogP contribution in [-0.4, -0.2) is 18.6 Å². The summed E-state index contributed by atoms with van der Waals surface area (Å²) < 4.78 is 5.40. The van der Waals surface area contributed by atoms with E-state index in [-0.39, 0.29) is 18.6 Å². The Bertz CT molecular complexity index is 492. The molecule has 0 aromatic heterocycles. The highest BCUT2D eigenvalue weighted by molar-refractivity contribution is 5.77. The fraction of sp³-hybridized carbons (Fsp3) is 0.529. The third-order valence-corrected chi connectivity index (χ3v) is 3.19. The van der Waals surface area contributed by atoms with Gasteiger partial charge in [0.25, 0.3) is 5.91 Å². The van der Waals surface area contributed by atoms with Gasteiger partial charge in [-0.25, -0.2) is 0 Å². The summed E-state index contributed by atoms with van der Waals surface area (Å²) in [5.41, 5.74) is 0.440. The number of carbonyl (C=O) groups excluding carboxylic acids is 1. The van der Waals surface area contributed by atoms with Crippen molar-refractivity contribution in [3.05, 3.63) is 29.8 Å². The number of para-hydroxylation sites is 1. The number of hydrogen-bond donors (Lipinski definition) is 1. The van der Waals surface area contributed by atoms with Gasteiger partial charge < -0.3 is 10.1 Å². The highest BCUT2D eigenvalue weighted by atomic mass is 16.5. The van der Waals surface area contributed by atoms with Crippen LogP contribution in [0.3, 0.4) is 0 Å². The van der Waals surface area contributed by atoms with Gasteiger partial charge in [-0.15, -0.1) is 0 Å². The molecule has 114 valence electrons. The maximum atomic E-state index is 11.8. The minimum atomic E-state index is -0.153. The number of amides is 1. The molecule has 21 heavy (non-hydrogen) atoms. The number of nitrogens with zero attached hydrogens (tertiary/aromatic N) is 1. The van der Waals surface area contributed by atoms with Gasteiger partial charge in [-0.1, -0.05) is 38.8 Å². The zero-order chi connectivity index (χ0) is 15.7. The van der Waals surface area contributed by atoms with E-state index >= 15 is 0 Å². The largest absolute Gasteiger partial charge is 0.482 e. The third-order valence-electron chi connectivity index (χ3n) is 3.19. The Balaban J connectivity index is 2.32. The summed E-state index contributed by atoms with van der Waals surface area (Å²) in [6.45, 7) is 6.34. The standard InChI is InChI=1S/C17H24N2O2/c1-13(2)7-6-8-14(3)19-17(20)12-21-16-10-5-4-9-15(16)11-18/h4-5,9-10,13-14H,6-8,12H2,1-3H3,(H,19,20). The van der Waals surface area contributed by atoms with E-state index in [1.807, 2.05) is 13.0 Å². The van der Waals surface area contributed by atoms with Crippen molar-refractivity contribution in [3.63, 3.8) is 0 Å². The van der Waals surface area contributed by atoms with Crippen LogP contribution in [0, 0.1) is 17.2 Å². The van der Waals surface area contributed by atoms with Gasteiger partial charge in [-0.3, -0.25) is 4.79 Å². The van der Waals surface area contributed by atoms with Crippen molar-refractivity contribution in [2.45, 2.75) is 46.1 Å². The van der Waals surface area contributed by atoms with Gasteiger partial charge in [-0.2, -0.15) is 5.26 Å². The maximum absolute atomic E-state index is 11.8. The first-order chi connectivity index (χ1) is 10.0. The predicted molar refractivity (Wildman–Crippen MR) is 82.9 cm³/mol. The summed E-state index contributed by atoms with van der Waals surface area (Å²) in [4.78, 5) is 11.8. The number of ether oxygens (including phenoxy) is 1. The van der Waals surface area contributed by atoms with Crippen molar-refractivity contribution >= 4 is 5.91 Å². The SMILES string of the molecule is CC(C)CCCC(C)NC(=O)COc1ccccc1C#N. The first-order valence-electron chi connectivity index (χ1n) is 7.44. The van der Waals surface area contributed by atoms with Gasteiger partial charge in [0, 0.05) is 6.04 Å². The first kappa shape index (κ1) is 17.0. The number of carbonyl (C=O) groups is 1. The van der Waals surface area contributed by atoms with E-state index in [0.29, 0.717) is 17.2 Å². The minimum Gasteiger partial charge on any atom is -0.482 e. The van der Waals surface area contributed by atoms with E-state index in [1.54, 1.807) is 24.3 Å². The van der Waals surface area contributed by atoms with Crippen LogP contribution in [0.15, 0.2) is 24.3 Å². The molecule has 1 rings (SSSR count). The van der Waals surface area contributed by atoms with Crippen LogP contribution in [-0.2, 0) is 4.79 Å². The van der Waals surface area contributed by atoms with E-state index in [4.69, 9.17) is 10.00 Å². The summed E-state index contributed by atoms with van der Waals surface area (Å²) in [7, 11) is 0. The maximum Gasteiger partial charge on any atom is 0.258 e. The molecule has 0 saturated carbocycles. The topological polar surface area (TPSA) is 62.1 Å². The van der Waals surface area contributed by atoms with E-state index in [1.165, 1.54) is 6.42 Å². The van der Waals surface area contributed by atoms with E-state index in [9.17, 15) is 4.79 Å². The molecule has 1 amide bonds. The molecule has 0 saturated heterocycles. The van der Waals surface area contributed by atoms with Gasteiger partial charge in [0.05, 0.1) is 5.56 Å². The molecule has 4 heteroatoms. The van der Waals surface area contributed by atoms with Crippen molar-refractivity contribution in [1.29, 1.82) is 5.26 Å². The normalized spacial score (nSPS) is 11.8. The average molecular weight is 288 g/mol. The Labute approximate surface area is 127 Å². The molecule has 0 aliphatic carbocycles. The quantitative estimate of drug-likeness (QED) is 0.798. The summed E-state index contributed by atoms with van der Waals surface area (Å²) in [6.07, 6.45) is 3.25. The monoisotopic (exact) mass is 288 g/mol.